The Labute approximate surface area is 78.9 Å². The molecule has 0 saturated carbocycles. The monoisotopic (exact) mass is 179 g/mol. The van der Waals surface area contributed by atoms with Gasteiger partial charge in [0.1, 0.15) is 0 Å². The van der Waals surface area contributed by atoms with Crippen LogP contribution in [0.1, 0.15) is 31.0 Å². The molecule has 0 fully saturated rings. The van der Waals surface area contributed by atoms with E-state index in [9.17, 15) is 0 Å². The molecule has 0 bridgehead atoms. The molecule has 2 N–H and O–H groups in total. The summed E-state index contributed by atoms with van der Waals surface area (Å²) in [6.45, 7) is 3.20. The minimum absolute atomic E-state index is 0.331. The van der Waals surface area contributed by atoms with Crippen LogP contribution in [-0.2, 0) is 19.4 Å². The van der Waals surface area contributed by atoms with Gasteiger partial charge in [0.05, 0.1) is 5.69 Å². The van der Waals surface area contributed by atoms with Crippen LogP contribution in [0.5, 0.6) is 0 Å². The highest BCUT2D eigenvalue weighted by molar-refractivity contribution is 5.21. The zero-order chi connectivity index (χ0) is 9.26. The summed E-state index contributed by atoms with van der Waals surface area (Å²) in [7, 11) is 0. The van der Waals surface area contributed by atoms with Crippen LogP contribution >= 0.6 is 0 Å². The number of hydrogen-bond donors (Lipinski definition) is 1. The second-order valence-electron chi connectivity index (χ2n) is 3.87. The smallest absolute Gasteiger partial charge is 0.0671 e. The predicted molar refractivity (Wildman–Crippen MR) is 52.5 cm³/mol. The van der Waals surface area contributed by atoms with Crippen LogP contribution in [0.15, 0.2) is 6.20 Å². The molecule has 0 aliphatic heterocycles. The van der Waals surface area contributed by atoms with Crippen LogP contribution < -0.4 is 5.73 Å². The highest BCUT2D eigenvalue weighted by Crippen LogP contribution is 2.18. The standard InChI is InChI=1S/C10H17N3/c1-2-5-13-7-8-3-4-9(11)6-10(8)12-13/h7,9H,2-6,11H2,1H3. The molecule has 0 amide bonds. The van der Waals surface area contributed by atoms with Crippen molar-refractivity contribution in [3.63, 3.8) is 0 Å². The number of nitrogens with zero attached hydrogens (tertiary/aromatic N) is 2. The van der Waals surface area contributed by atoms with Gasteiger partial charge in [-0.15, -0.1) is 0 Å². The summed E-state index contributed by atoms with van der Waals surface area (Å²) in [5, 5.41) is 4.53. The van der Waals surface area contributed by atoms with Gasteiger partial charge in [0.25, 0.3) is 0 Å². The molecule has 1 aliphatic carbocycles. The van der Waals surface area contributed by atoms with Gasteiger partial charge in [-0.25, -0.2) is 0 Å². The van der Waals surface area contributed by atoms with E-state index in [-0.39, 0.29) is 0 Å². The number of aromatic nitrogens is 2. The molecule has 0 radical (unpaired) electrons. The second-order valence-corrected chi connectivity index (χ2v) is 3.87. The largest absolute Gasteiger partial charge is 0.327 e. The van der Waals surface area contributed by atoms with E-state index in [0.717, 1.165) is 32.2 Å². The number of hydrogen-bond acceptors (Lipinski definition) is 2. The van der Waals surface area contributed by atoms with Crippen molar-refractivity contribution >= 4 is 0 Å². The van der Waals surface area contributed by atoms with E-state index in [4.69, 9.17) is 5.73 Å². The second kappa shape index (κ2) is 3.50. The summed E-state index contributed by atoms with van der Waals surface area (Å²) in [5.74, 6) is 0. The lowest BCUT2D eigenvalue weighted by atomic mass is 9.95. The first-order valence-electron chi connectivity index (χ1n) is 5.10. The van der Waals surface area contributed by atoms with Crippen molar-refractivity contribution in [2.75, 3.05) is 0 Å². The van der Waals surface area contributed by atoms with Gasteiger partial charge in [-0.2, -0.15) is 5.10 Å². The lowest BCUT2D eigenvalue weighted by Gasteiger charge is -2.15. The molecule has 1 unspecified atom stereocenters. The predicted octanol–water partition coefficient (Wildman–Crippen LogP) is 1.11. The van der Waals surface area contributed by atoms with Gasteiger partial charge in [0.2, 0.25) is 0 Å². The van der Waals surface area contributed by atoms with Gasteiger partial charge >= 0.3 is 0 Å². The van der Waals surface area contributed by atoms with Crippen molar-refractivity contribution in [3.05, 3.63) is 17.5 Å². The lowest BCUT2D eigenvalue weighted by Crippen LogP contribution is -2.27. The normalized spacial score (nSPS) is 21.5. The van der Waals surface area contributed by atoms with Crippen LogP contribution in [0.4, 0.5) is 0 Å². The molecule has 2 rings (SSSR count). The fraction of sp³-hybridized carbons (Fsp3) is 0.700. The van der Waals surface area contributed by atoms with Crippen LogP contribution in [0.3, 0.4) is 0 Å². The Morgan fingerprint density at radius 1 is 1.69 bits per heavy atom. The van der Waals surface area contributed by atoms with E-state index in [2.05, 4.69) is 22.9 Å². The SMILES string of the molecule is CCCn1cc2c(n1)CC(N)CC2. The number of fused-ring (bicyclic) bond motifs is 1. The molecule has 3 nitrogen and oxygen atoms in total. The first-order chi connectivity index (χ1) is 6.29. The summed E-state index contributed by atoms with van der Waals surface area (Å²) in [6, 6.07) is 0.331. The summed E-state index contributed by atoms with van der Waals surface area (Å²) < 4.78 is 2.06. The molecule has 13 heavy (non-hydrogen) atoms. The van der Waals surface area contributed by atoms with Gasteiger partial charge < -0.3 is 5.73 Å². The first-order valence-corrected chi connectivity index (χ1v) is 5.10. The summed E-state index contributed by atoms with van der Waals surface area (Å²) in [4.78, 5) is 0. The Kier molecular flexibility index (Phi) is 2.36. The van der Waals surface area contributed by atoms with Crippen molar-refractivity contribution < 1.29 is 0 Å². The summed E-state index contributed by atoms with van der Waals surface area (Å²) in [5.41, 5.74) is 8.52. The van der Waals surface area contributed by atoms with Crippen LogP contribution in [-0.4, -0.2) is 15.8 Å². The fourth-order valence-electron chi connectivity index (χ4n) is 1.92. The molecule has 0 saturated heterocycles. The molecule has 0 aromatic carbocycles. The lowest BCUT2D eigenvalue weighted by molar-refractivity contribution is 0.555. The molecule has 1 aromatic heterocycles. The van der Waals surface area contributed by atoms with E-state index < -0.39 is 0 Å². The Morgan fingerprint density at radius 2 is 2.54 bits per heavy atom. The van der Waals surface area contributed by atoms with Crippen molar-refractivity contribution in [3.8, 4) is 0 Å². The Bertz CT molecular complexity index is 290. The van der Waals surface area contributed by atoms with Crippen molar-refractivity contribution in [2.24, 2.45) is 5.73 Å². The molecule has 1 heterocycles. The molecule has 1 aromatic rings. The van der Waals surface area contributed by atoms with Gasteiger partial charge in [-0.3, -0.25) is 4.68 Å². The third-order valence-electron chi connectivity index (χ3n) is 2.62. The third-order valence-corrected chi connectivity index (χ3v) is 2.62. The van der Waals surface area contributed by atoms with Crippen molar-refractivity contribution in [2.45, 2.75) is 45.2 Å². The molecular formula is C10H17N3. The van der Waals surface area contributed by atoms with Crippen LogP contribution in [0.25, 0.3) is 0 Å². The highest BCUT2D eigenvalue weighted by Gasteiger charge is 2.18. The molecule has 72 valence electrons. The van der Waals surface area contributed by atoms with Gasteiger partial charge in [0, 0.05) is 25.2 Å². The van der Waals surface area contributed by atoms with Gasteiger partial charge in [0.15, 0.2) is 0 Å². The third kappa shape index (κ3) is 1.75. The van der Waals surface area contributed by atoms with E-state index in [1.165, 1.54) is 11.3 Å². The zero-order valence-electron chi connectivity index (χ0n) is 8.16. The van der Waals surface area contributed by atoms with Crippen molar-refractivity contribution in [1.29, 1.82) is 0 Å². The quantitative estimate of drug-likeness (QED) is 0.739. The molecule has 1 aliphatic rings. The van der Waals surface area contributed by atoms with E-state index in [1.54, 1.807) is 0 Å². The van der Waals surface area contributed by atoms with Crippen LogP contribution in [0, 0.1) is 0 Å². The summed E-state index contributed by atoms with van der Waals surface area (Å²) in [6.07, 6.45) is 6.52. The minimum atomic E-state index is 0.331. The Morgan fingerprint density at radius 3 is 3.31 bits per heavy atom. The number of rotatable bonds is 2. The molecule has 3 heteroatoms. The number of nitrogens with two attached hydrogens (primary N) is 1. The first kappa shape index (κ1) is 8.75. The van der Waals surface area contributed by atoms with E-state index in [0.29, 0.717) is 6.04 Å². The maximum atomic E-state index is 5.88. The van der Waals surface area contributed by atoms with E-state index >= 15 is 0 Å². The fourth-order valence-corrected chi connectivity index (χ4v) is 1.92. The van der Waals surface area contributed by atoms with Crippen LogP contribution in [0.2, 0.25) is 0 Å². The minimum Gasteiger partial charge on any atom is -0.327 e. The molecular weight excluding hydrogens is 162 g/mol. The Hall–Kier alpha value is -0.830. The topological polar surface area (TPSA) is 43.8 Å². The van der Waals surface area contributed by atoms with Crippen molar-refractivity contribution in [1.82, 2.24) is 9.78 Å². The van der Waals surface area contributed by atoms with Gasteiger partial charge in [-0.1, -0.05) is 6.92 Å². The Balaban J connectivity index is 2.18. The maximum Gasteiger partial charge on any atom is 0.0671 e. The zero-order valence-corrected chi connectivity index (χ0v) is 8.16. The molecule has 1 atom stereocenters. The molecule has 0 spiro atoms. The maximum absolute atomic E-state index is 5.88. The van der Waals surface area contributed by atoms with E-state index in [1.807, 2.05) is 0 Å². The number of aryl methyl sites for hydroxylation is 2. The summed E-state index contributed by atoms with van der Waals surface area (Å²) >= 11 is 0. The average molecular weight is 179 g/mol. The average Bonchev–Trinajstić information content (AvgIpc) is 2.46. The highest BCUT2D eigenvalue weighted by atomic mass is 15.3. The van der Waals surface area contributed by atoms with Gasteiger partial charge in [-0.05, 0) is 24.8 Å².